The molecule has 1 aromatic carbocycles. The average molecular weight is 358 g/mol. The maximum absolute atomic E-state index is 6.47. The summed E-state index contributed by atoms with van der Waals surface area (Å²) in [5.74, 6) is 1.83. The second kappa shape index (κ2) is 7.47. The molecule has 2 N–H and O–H groups in total. The first-order valence-corrected chi connectivity index (χ1v) is 8.34. The van der Waals surface area contributed by atoms with Crippen molar-refractivity contribution in [1.29, 1.82) is 0 Å². The first kappa shape index (κ1) is 16.6. The lowest BCUT2D eigenvalue weighted by Crippen LogP contribution is -2.27. The first-order valence-electron chi connectivity index (χ1n) is 7.54. The van der Waals surface area contributed by atoms with Gasteiger partial charge in [-0.25, -0.2) is 0 Å². The molecule has 1 aliphatic rings. The Hall–Kier alpha value is -0.780. The van der Waals surface area contributed by atoms with Crippen LogP contribution in [-0.2, 0) is 4.74 Å². The molecule has 1 aromatic rings. The lowest BCUT2D eigenvalue weighted by molar-refractivity contribution is 0.0994. The van der Waals surface area contributed by atoms with Crippen molar-refractivity contribution in [2.24, 2.45) is 11.7 Å². The molecule has 0 aliphatic carbocycles. The van der Waals surface area contributed by atoms with Crippen molar-refractivity contribution in [2.75, 3.05) is 19.8 Å². The zero-order valence-corrected chi connectivity index (χ0v) is 14.5. The van der Waals surface area contributed by atoms with Crippen LogP contribution in [0.1, 0.15) is 38.8 Å². The van der Waals surface area contributed by atoms with E-state index in [0.29, 0.717) is 19.1 Å². The van der Waals surface area contributed by atoms with Crippen LogP contribution in [-0.4, -0.2) is 25.9 Å². The zero-order chi connectivity index (χ0) is 15.4. The Morgan fingerprint density at radius 3 is 2.43 bits per heavy atom. The largest absolute Gasteiger partial charge is 0.490 e. The molecule has 3 atom stereocenters. The highest BCUT2D eigenvalue weighted by molar-refractivity contribution is 9.10. The van der Waals surface area contributed by atoms with Crippen molar-refractivity contribution >= 4 is 15.9 Å². The Bertz CT molecular complexity index is 481. The highest BCUT2D eigenvalue weighted by Gasteiger charge is 2.32. The minimum absolute atomic E-state index is 0.0771. The summed E-state index contributed by atoms with van der Waals surface area (Å²) in [6, 6.07) is 3.87. The SMILES string of the molecule is CCOc1cc(Br)c(C(N)C2CCOC2C)cc1OCC. The van der Waals surface area contributed by atoms with Crippen molar-refractivity contribution in [3.05, 3.63) is 22.2 Å². The van der Waals surface area contributed by atoms with Gasteiger partial charge in [0.15, 0.2) is 11.5 Å². The van der Waals surface area contributed by atoms with E-state index in [1.807, 2.05) is 26.0 Å². The number of rotatable bonds is 6. The van der Waals surface area contributed by atoms with Gasteiger partial charge in [0.25, 0.3) is 0 Å². The molecular weight excluding hydrogens is 334 g/mol. The maximum Gasteiger partial charge on any atom is 0.162 e. The van der Waals surface area contributed by atoms with Crippen LogP contribution in [0.15, 0.2) is 16.6 Å². The Kier molecular flexibility index (Phi) is 5.90. The molecule has 3 unspecified atom stereocenters. The van der Waals surface area contributed by atoms with Gasteiger partial charge < -0.3 is 19.9 Å². The molecule has 5 heteroatoms. The summed E-state index contributed by atoms with van der Waals surface area (Å²) >= 11 is 3.61. The molecule has 21 heavy (non-hydrogen) atoms. The fourth-order valence-corrected chi connectivity index (χ4v) is 3.38. The van der Waals surface area contributed by atoms with E-state index in [9.17, 15) is 0 Å². The van der Waals surface area contributed by atoms with Crippen molar-refractivity contribution in [3.63, 3.8) is 0 Å². The molecule has 0 saturated carbocycles. The summed E-state index contributed by atoms with van der Waals surface area (Å²) in [5, 5.41) is 0. The summed E-state index contributed by atoms with van der Waals surface area (Å²) < 4.78 is 17.9. The van der Waals surface area contributed by atoms with E-state index in [-0.39, 0.29) is 12.1 Å². The molecule has 0 amide bonds. The fourth-order valence-electron chi connectivity index (χ4n) is 2.79. The normalized spacial score (nSPS) is 23.1. The van der Waals surface area contributed by atoms with Crippen LogP contribution in [0.4, 0.5) is 0 Å². The molecule has 1 aliphatic heterocycles. The topological polar surface area (TPSA) is 53.7 Å². The lowest BCUT2D eigenvalue weighted by Gasteiger charge is -2.24. The third kappa shape index (κ3) is 3.71. The lowest BCUT2D eigenvalue weighted by atomic mass is 9.89. The van der Waals surface area contributed by atoms with Crippen molar-refractivity contribution in [1.82, 2.24) is 0 Å². The third-order valence-electron chi connectivity index (χ3n) is 3.92. The van der Waals surface area contributed by atoms with Gasteiger partial charge in [-0.3, -0.25) is 0 Å². The van der Waals surface area contributed by atoms with E-state index in [4.69, 9.17) is 19.9 Å². The quantitative estimate of drug-likeness (QED) is 0.843. The van der Waals surface area contributed by atoms with Gasteiger partial charge in [-0.15, -0.1) is 0 Å². The summed E-state index contributed by atoms with van der Waals surface area (Å²) in [7, 11) is 0. The minimum atomic E-state index is -0.0771. The Balaban J connectivity index is 2.31. The van der Waals surface area contributed by atoms with Gasteiger partial charge in [-0.05, 0) is 44.9 Å². The predicted octanol–water partition coefficient (Wildman–Crippen LogP) is 3.67. The molecule has 0 aromatic heterocycles. The summed E-state index contributed by atoms with van der Waals surface area (Å²) in [4.78, 5) is 0. The molecular formula is C16H24BrNO3. The number of hydrogen-bond donors (Lipinski definition) is 1. The molecule has 1 saturated heterocycles. The van der Waals surface area contributed by atoms with Crippen LogP contribution >= 0.6 is 15.9 Å². The number of benzene rings is 1. The van der Waals surface area contributed by atoms with Gasteiger partial charge in [0.1, 0.15) is 0 Å². The van der Waals surface area contributed by atoms with E-state index in [0.717, 1.165) is 34.6 Å². The van der Waals surface area contributed by atoms with Gasteiger partial charge in [0.2, 0.25) is 0 Å². The molecule has 0 bridgehead atoms. The highest BCUT2D eigenvalue weighted by Crippen LogP contribution is 2.40. The number of ether oxygens (including phenoxy) is 3. The molecule has 0 spiro atoms. The van der Waals surface area contributed by atoms with Crippen LogP contribution < -0.4 is 15.2 Å². The van der Waals surface area contributed by atoms with Crippen LogP contribution in [0, 0.1) is 5.92 Å². The van der Waals surface area contributed by atoms with Crippen molar-refractivity contribution in [3.8, 4) is 11.5 Å². The van der Waals surface area contributed by atoms with E-state index in [1.165, 1.54) is 0 Å². The van der Waals surface area contributed by atoms with Crippen LogP contribution in [0.2, 0.25) is 0 Å². The summed E-state index contributed by atoms with van der Waals surface area (Å²) in [6.07, 6.45) is 1.18. The number of nitrogens with two attached hydrogens (primary N) is 1. The van der Waals surface area contributed by atoms with Crippen LogP contribution in [0.25, 0.3) is 0 Å². The third-order valence-corrected chi connectivity index (χ3v) is 4.60. The molecule has 118 valence electrons. The Morgan fingerprint density at radius 1 is 1.29 bits per heavy atom. The monoisotopic (exact) mass is 357 g/mol. The molecule has 4 nitrogen and oxygen atoms in total. The maximum atomic E-state index is 6.47. The summed E-state index contributed by atoms with van der Waals surface area (Å²) in [6.45, 7) is 7.99. The summed E-state index contributed by atoms with van der Waals surface area (Å²) in [5.41, 5.74) is 7.52. The number of hydrogen-bond acceptors (Lipinski definition) is 4. The Morgan fingerprint density at radius 2 is 1.90 bits per heavy atom. The van der Waals surface area contributed by atoms with E-state index >= 15 is 0 Å². The standard InChI is InChI=1S/C16H24BrNO3/c1-4-19-14-8-12(13(17)9-15(14)20-5-2)16(18)11-6-7-21-10(11)3/h8-11,16H,4-7,18H2,1-3H3. The highest BCUT2D eigenvalue weighted by atomic mass is 79.9. The first-order chi connectivity index (χ1) is 10.1. The van der Waals surface area contributed by atoms with Gasteiger partial charge >= 0.3 is 0 Å². The van der Waals surface area contributed by atoms with Crippen LogP contribution in [0.3, 0.4) is 0 Å². The molecule has 0 radical (unpaired) electrons. The zero-order valence-electron chi connectivity index (χ0n) is 12.9. The smallest absolute Gasteiger partial charge is 0.162 e. The van der Waals surface area contributed by atoms with Crippen LogP contribution in [0.5, 0.6) is 11.5 Å². The Labute approximate surface area is 135 Å². The van der Waals surface area contributed by atoms with Gasteiger partial charge in [-0.1, -0.05) is 15.9 Å². The fraction of sp³-hybridized carbons (Fsp3) is 0.625. The second-order valence-electron chi connectivity index (χ2n) is 5.24. The van der Waals surface area contributed by atoms with E-state index in [1.54, 1.807) is 0 Å². The average Bonchev–Trinajstić information content (AvgIpc) is 2.87. The van der Waals surface area contributed by atoms with Gasteiger partial charge in [0.05, 0.1) is 19.3 Å². The molecule has 1 heterocycles. The minimum Gasteiger partial charge on any atom is -0.490 e. The predicted molar refractivity (Wildman–Crippen MR) is 86.9 cm³/mol. The molecule has 1 fully saturated rings. The van der Waals surface area contributed by atoms with Gasteiger partial charge in [0, 0.05) is 23.0 Å². The molecule has 2 rings (SSSR count). The van der Waals surface area contributed by atoms with Gasteiger partial charge in [-0.2, -0.15) is 0 Å². The second-order valence-corrected chi connectivity index (χ2v) is 6.10. The van der Waals surface area contributed by atoms with Crippen molar-refractivity contribution in [2.45, 2.75) is 39.3 Å². The van der Waals surface area contributed by atoms with Crippen molar-refractivity contribution < 1.29 is 14.2 Å². The number of halogens is 1. The van der Waals surface area contributed by atoms with E-state index < -0.39 is 0 Å². The van der Waals surface area contributed by atoms with E-state index in [2.05, 4.69) is 22.9 Å².